The molecule has 0 unspecified atom stereocenters. The van der Waals surface area contributed by atoms with Crippen LogP contribution >= 0.6 is 11.3 Å². The van der Waals surface area contributed by atoms with Gasteiger partial charge >= 0.3 is 18.2 Å². The quantitative estimate of drug-likeness (QED) is 0.271. The summed E-state index contributed by atoms with van der Waals surface area (Å²) >= 11 is 0.691. The van der Waals surface area contributed by atoms with Crippen LogP contribution in [0.25, 0.3) is 10.6 Å². The van der Waals surface area contributed by atoms with E-state index in [0.29, 0.717) is 42.2 Å². The molecule has 4 rings (SSSR count). The molecule has 244 valence electrons. The number of nitrogens with zero attached hydrogens (tertiary/aromatic N) is 4. The number of H-pyrrole nitrogens is 1. The first kappa shape index (κ1) is 33.6. The van der Waals surface area contributed by atoms with Crippen molar-refractivity contribution in [3.8, 4) is 10.6 Å². The first-order chi connectivity index (χ1) is 21.1. The lowest BCUT2D eigenvalue weighted by Gasteiger charge is -2.27. The molecule has 1 atom stereocenters. The zero-order valence-electron chi connectivity index (χ0n) is 24.8. The SMILES string of the molecule is CCN(C(=O)c1nc(-c2c(F)cccc2F)sc1NC(=O)OC(C)(C)C)c1cn[nH]c1N1CCC[C@@H](NC(=O)C(F)(F)F)CC1. The second-order valence-electron chi connectivity index (χ2n) is 11.2. The summed E-state index contributed by atoms with van der Waals surface area (Å²) < 4.78 is 73.0. The van der Waals surface area contributed by atoms with Gasteiger partial charge in [-0.15, -0.1) is 0 Å². The summed E-state index contributed by atoms with van der Waals surface area (Å²) in [7, 11) is 0. The van der Waals surface area contributed by atoms with Crippen LogP contribution in [0.1, 0.15) is 57.4 Å². The molecule has 1 aliphatic heterocycles. The molecule has 17 heteroatoms. The van der Waals surface area contributed by atoms with Gasteiger partial charge in [0.15, 0.2) is 5.69 Å². The number of hydrogen-bond acceptors (Lipinski definition) is 8. The molecule has 0 radical (unpaired) electrons. The monoisotopic (exact) mass is 657 g/mol. The van der Waals surface area contributed by atoms with Crippen molar-refractivity contribution < 1.29 is 41.1 Å². The van der Waals surface area contributed by atoms with E-state index in [9.17, 15) is 36.3 Å². The fourth-order valence-electron chi connectivity index (χ4n) is 4.74. The van der Waals surface area contributed by atoms with E-state index >= 15 is 0 Å². The molecule has 0 saturated carbocycles. The van der Waals surface area contributed by atoms with Gasteiger partial charge in [0, 0.05) is 25.7 Å². The van der Waals surface area contributed by atoms with Crippen LogP contribution in [0.15, 0.2) is 24.4 Å². The number of carbonyl (C=O) groups excluding carboxylic acids is 3. The summed E-state index contributed by atoms with van der Waals surface area (Å²) in [6.45, 7) is 7.29. The first-order valence-electron chi connectivity index (χ1n) is 14.0. The van der Waals surface area contributed by atoms with E-state index in [4.69, 9.17) is 4.74 Å². The Morgan fingerprint density at radius 2 is 1.82 bits per heavy atom. The van der Waals surface area contributed by atoms with Crippen molar-refractivity contribution in [1.82, 2.24) is 20.5 Å². The Morgan fingerprint density at radius 1 is 1.13 bits per heavy atom. The maximum atomic E-state index is 14.7. The highest BCUT2D eigenvalue weighted by atomic mass is 32.1. The maximum absolute atomic E-state index is 14.7. The lowest BCUT2D eigenvalue weighted by molar-refractivity contribution is -0.174. The molecule has 0 bridgehead atoms. The van der Waals surface area contributed by atoms with Gasteiger partial charge in [0.05, 0.1) is 11.8 Å². The van der Waals surface area contributed by atoms with Crippen molar-refractivity contribution in [2.45, 2.75) is 64.8 Å². The maximum Gasteiger partial charge on any atom is 0.471 e. The standard InChI is InChI=1S/C28H32F5N7O4S/c1-5-40(18-14-34-38-21(18)39-12-7-8-15(11-13-39)35-25(42)28(31,32)33)24(41)20-23(37-26(43)44-27(2,3)4)45-22(36-20)19-16(29)9-6-10-17(19)30/h6,9-10,14-15H,5,7-8,11-13H2,1-4H3,(H,34,38)(H,35,42)(H,37,43)/t15-/m1/s1. The Morgan fingerprint density at radius 3 is 2.44 bits per heavy atom. The number of benzene rings is 1. The number of ether oxygens (including phenoxy) is 1. The fourth-order valence-corrected chi connectivity index (χ4v) is 5.73. The summed E-state index contributed by atoms with van der Waals surface area (Å²) in [6, 6.07) is 2.56. The number of carbonyl (C=O) groups is 3. The van der Waals surface area contributed by atoms with E-state index in [1.807, 2.05) is 5.32 Å². The number of aromatic nitrogens is 3. The highest BCUT2D eigenvalue weighted by molar-refractivity contribution is 7.19. The number of anilines is 3. The van der Waals surface area contributed by atoms with Gasteiger partial charge in [-0.2, -0.15) is 18.3 Å². The normalized spacial score (nSPS) is 15.8. The van der Waals surface area contributed by atoms with E-state index in [2.05, 4.69) is 20.5 Å². The average Bonchev–Trinajstić information content (AvgIpc) is 3.50. The fraction of sp³-hybridized carbons (Fsp3) is 0.464. The van der Waals surface area contributed by atoms with Crippen LogP contribution < -0.4 is 20.4 Å². The lowest BCUT2D eigenvalue weighted by Crippen LogP contribution is -2.43. The summed E-state index contributed by atoms with van der Waals surface area (Å²) in [6.07, 6.45) is -3.57. The topological polar surface area (TPSA) is 133 Å². The van der Waals surface area contributed by atoms with E-state index in [1.54, 1.807) is 32.6 Å². The number of rotatable bonds is 7. The molecule has 1 fully saturated rings. The molecule has 11 nitrogen and oxygen atoms in total. The van der Waals surface area contributed by atoms with Crippen LogP contribution in [-0.4, -0.2) is 70.5 Å². The molecule has 3 aromatic rings. The van der Waals surface area contributed by atoms with Crippen molar-refractivity contribution in [3.63, 3.8) is 0 Å². The van der Waals surface area contributed by atoms with Gasteiger partial charge < -0.3 is 19.9 Å². The highest BCUT2D eigenvalue weighted by Crippen LogP contribution is 2.37. The third-order valence-electron chi connectivity index (χ3n) is 6.71. The van der Waals surface area contributed by atoms with Crippen LogP contribution in [0.3, 0.4) is 0 Å². The van der Waals surface area contributed by atoms with Gasteiger partial charge in [-0.25, -0.2) is 18.6 Å². The minimum Gasteiger partial charge on any atom is -0.444 e. The predicted molar refractivity (Wildman–Crippen MR) is 157 cm³/mol. The molecule has 3 heterocycles. The third-order valence-corrected chi connectivity index (χ3v) is 7.70. The smallest absolute Gasteiger partial charge is 0.444 e. The van der Waals surface area contributed by atoms with Crippen LogP contribution in [0.5, 0.6) is 0 Å². The second-order valence-corrected chi connectivity index (χ2v) is 12.2. The molecular formula is C28H32F5N7O4S. The largest absolute Gasteiger partial charge is 0.471 e. The van der Waals surface area contributed by atoms with Crippen molar-refractivity contribution in [1.29, 1.82) is 0 Å². The van der Waals surface area contributed by atoms with Gasteiger partial charge in [0.2, 0.25) is 0 Å². The molecule has 45 heavy (non-hydrogen) atoms. The van der Waals surface area contributed by atoms with E-state index in [0.717, 1.165) is 12.1 Å². The number of thiazole rings is 1. The number of amides is 3. The van der Waals surface area contributed by atoms with Crippen LogP contribution in [0.2, 0.25) is 0 Å². The van der Waals surface area contributed by atoms with E-state index in [-0.39, 0.29) is 35.2 Å². The molecule has 2 aromatic heterocycles. The van der Waals surface area contributed by atoms with E-state index < -0.39 is 52.9 Å². The molecule has 1 aromatic carbocycles. The Kier molecular flexibility index (Phi) is 9.99. The molecule has 1 saturated heterocycles. The number of nitrogens with one attached hydrogen (secondary N) is 3. The summed E-state index contributed by atoms with van der Waals surface area (Å²) in [4.78, 5) is 45.5. The number of hydrogen-bond donors (Lipinski definition) is 3. The van der Waals surface area contributed by atoms with Crippen molar-refractivity contribution in [2.75, 3.05) is 34.8 Å². The van der Waals surface area contributed by atoms with Gasteiger partial charge in [-0.3, -0.25) is 20.0 Å². The van der Waals surface area contributed by atoms with Crippen LogP contribution in [0.4, 0.5) is 43.3 Å². The zero-order chi connectivity index (χ0) is 33.1. The number of aromatic amines is 1. The Balaban J connectivity index is 1.64. The minimum atomic E-state index is -4.99. The molecule has 1 aliphatic rings. The third kappa shape index (κ3) is 8.06. The predicted octanol–water partition coefficient (Wildman–Crippen LogP) is 5.86. The lowest BCUT2D eigenvalue weighted by atomic mass is 10.1. The van der Waals surface area contributed by atoms with Crippen LogP contribution in [0, 0.1) is 11.6 Å². The number of alkyl halides is 3. The molecule has 3 amide bonds. The van der Waals surface area contributed by atoms with Crippen molar-refractivity contribution in [3.05, 3.63) is 41.7 Å². The van der Waals surface area contributed by atoms with Crippen LogP contribution in [-0.2, 0) is 9.53 Å². The highest BCUT2D eigenvalue weighted by Gasteiger charge is 2.40. The average molecular weight is 658 g/mol. The number of halogens is 5. The van der Waals surface area contributed by atoms with Gasteiger partial charge in [-0.1, -0.05) is 17.4 Å². The van der Waals surface area contributed by atoms with Gasteiger partial charge in [0.25, 0.3) is 5.91 Å². The van der Waals surface area contributed by atoms with Gasteiger partial charge in [0.1, 0.15) is 38.7 Å². The van der Waals surface area contributed by atoms with Crippen molar-refractivity contribution >= 4 is 45.8 Å². The minimum absolute atomic E-state index is 0.0796. The zero-order valence-corrected chi connectivity index (χ0v) is 25.7. The Hall–Kier alpha value is -4.28. The molecule has 0 spiro atoms. The second kappa shape index (κ2) is 13.4. The molecule has 0 aliphatic carbocycles. The Labute approximate surface area is 259 Å². The van der Waals surface area contributed by atoms with Crippen molar-refractivity contribution in [2.24, 2.45) is 0 Å². The van der Waals surface area contributed by atoms with E-state index in [1.165, 1.54) is 17.2 Å². The first-order valence-corrected chi connectivity index (χ1v) is 14.8. The molecule has 3 N–H and O–H groups in total. The summed E-state index contributed by atoms with van der Waals surface area (Å²) in [5.41, 5.74) is -1.36. The Bertz CT molecular complexity index is 1530. The van der Waals surface area contributed by atoms with Gasteiger partial charge in [-0.05, 0) is 59.1 Å². The summed E-state index contributed by atoms with van der Waals surface area (Å²) in [5, 5.41) is 11.1. The molecular weight excluding hydrogens is 625 g/mol. The summed E-state index contributed by atoms with van der Waals surface area (Å²) in [5.74, 6) is -4.16.